The predicted molar refractivity (Wildman–Crippen MR) is 97.1 cm³/mol. The van der Waals surface area contributed by atoms with Gasteiger partial charge in [0.2, 0.25) is 0 Å². The SMILES string of the molecule is COc1ccccc1CCC(=O)OCC(=O)Nc1cccc(Cl)c1C. The van der Waals surface area contributed by atoms with Gasteiger partial charge >= 0.3 is 5.97 Å². The van der Waals surface area contributed by atoms with E-state index in [1.54, 1.807) is 32.2 Å². The minimum Gasteiger partial charge on any atom is -0.496 e. The largest absolute Gasteiger partial charge is 0.496 e. The summed E-state index contributed by atoms with van der Waals surface area (Å²) in [5.41, 5.74) is 2.28. The Bertz CT molecular complexity index is 761. The molecule has 2 aromatic rings. The Morgan fingerprint density at radius 3 is 2.64 bits per heavy atom. The zero-order chi connectivity index (χ0) is 18.2. The lowest BCUT2D eigenvalue weighted by molar-refractivity contribution is -0.147. The summed E-state index contributed by atoms with van der Waals surface area (Å²) in [6.07, 6.45) is 0.654. The Labute approximate surface area is 151 Å². The van der Waals surface area contributed by atoms with Crippen LogP contribution in [0.3, 0.4) is 0 Å². The Morgan fingerprint density at radius 2 is 1.88 bits per heavy atom. The summed E-state index contributed by atoms with van der Waals surface area (Å²) in [6, 6.07) is 12.7. The highest BCUT2D eigenvalue weighted by molar-refractivity contribution is 6.31. The van der Waals surface area contributed by atoms with Crippen molar-refractivity contribution < 1.29 is 19.1 Å². The summed E-state index contributed by atoms with van der Waals surface area (Å²) >= 11 is 6.00. The molecule has 1 amide bonds. The van der Waals surface area contributed by atoms with Crippen LogP contribution in [0.4, 0.5) is 5.69 Å². The summed E-state index contributed by atoms with van der Waals surface area (Å²) in [7, 11) is 1.58. The number of benzene rings is 2. The van der Waals surface area contributed by atoms with E-state index in [4.69, 9.17) is 21.1 Å². The number of methoxy groups -OCH3 is 1. The molecule has 0 spiro atoms. The maximum absolute atomic E-state index is 11.9. The molecule has 2 rings (SSSR count). The molecule has 5 nitrogen and oxygen atoms in total. The van der Waals surface area contributed by atoms with Crippen LogP contribution in [0.1, 0.15) is 17.5 Å². The molecule has 0 bridgehead atoms. The average molecular weight is 362 g/mol. The van der Waals surface area contributed by atoms with Crippen LogP contribution >= 0.6 is 11.6 Å². The Kier molecular flexibility index (Phi) is 6.83. The second-order valence-corrected chi connectivity index (χ2v) is 5.84. The fraction of sp³-hybridized carbons (Fsp3) is 0.263. The van der Waals surface area contributed by atoms with Gasteiger partial charge in [-0.05, 0) is 42.7 Å². The highest BCUT2D eigenvalue weighted by atomic mass is 35.5. The van der Waals surface area contributed by atoms with E-state index in [1.165, 1.54) is 0 Å². The monoisotopic (exact) mass is 361 g/mol. The molecule has 0 heterocycles. The van der Waals surface area contributed by atoms with E-state index in [9.17, 15) is 9.59 Å². The predicted octanol–water partition coefficient (Wildman–Crippen LogP) is 3.77. The summed E-state index contributed by atoms with van der Waals surface area (Å²) < 4.78 is 10.3. The molecule has 0 fully saturated rings. The number of carbonyl (C=O) groups is 2. The smallest absolute Gasteiger partial charge is 0.306 e. The third-order valence-electron chi connectivity index (χ3n) is 3.70. The van der Waals surface area contributed by atoms with Crippen molar-refractivity contribution in [2.75, 3.05) is 19.0 Å². The minimum absolute atomic E-state index is 0.170. The summed E-state index contributed by atoms with van der Waals surface area (Å²) in [5, 5.41) is 3.24. The van der Waals surface area contributed by atoms with Gasteiger partial charge in [0.1, 0.15) is 5.75 Å². The molecule has 25 heavy (non-hydrogen) atoms. The van der Waals surface area contributed by atoms with Crippen LogP contribution < -0.4 is 10.1 Å². The lowest BCUT2D eigenvalue weighted by Crippen LogP contribution is -2.21. The highest BCUT2D eigenvalue weighted by Crippen LogP contribution is 2.23. The van der Waals surface area contributed by atoms with Crippen LogP contribution in [0.25, 0.3) is 0 Å². The molecule has 0 unspecified atom stereocenters. The number of hydrogen-bond acceptors (Lipinski definition) is 4. The first kappa shape index (κ1) is 18.8. The van der Waals surface area contributed by atoms with Gasteiger partial charge in [0.05, 0.1) is 7.11 Å². The van der Waals surface area contributed by atoms with Crippen molar-refractivity contribution >= 4 is 29.2 Å². The van der Waals surface area contributed by atoms with Gasteiger partial charge < -0.3 is 14.8 Å². The Balaban J connectivity index is 1.79. The molecule has 0 aromatic heterocycles. The number of esters is 1. The van der Waals surface area contributed by atoms with Gasteiger partial charge in [-0.15, -0.1) is 0 Å². The molecular weight excluding hydrogens is 342 g/mol. The number of amides is 1. The van der Waals surface area contributed by atoms with Gasteiger partial charge in [-0.1, -0.05) is 35.9 Å². The summed E-state index contributed by atoms with van der Waals surface area (Å²) in [5.74, 6) is -0.121. The number of hydrogen-bond donors (Lipinski definition) is 1. The number of para-hydroxylation sites is 1. The topological polar surface area (TPSA) is 64.6 Å². The lowest BCUT2D eigenvalue weighted by Gasteiger charge is -2.10. The molecule has 0 radical (unpaired) electrons. The van der Waals surface area contributed by atoms with Gasteiger partial charge in [0.25, 0.3) is 5.91 Å². The number of nitrogens with one attached hydrogen (secondary N) is 1. The number of halogens is 1. The molecule has 0 aliphatic heterocycles. The van der Waals surface area contributed by atoms with Gasteiger partial charge in [0.15, 0.2) is 6.61 Å². The molecule has 0 saturated carbocycles. The second kappa shape index (κ2) is 9.08. The number of rotatable bonds is 7. The van der Waals surface area contributed by atoms with Gasteiger partial charge in [0, 0.05) is 17.1 Å². The zero-order valence-corrected chi connectivity index (χ0v) is 14.9. The van der Waals surface area contributed by atoms with E-state index in [2.05, 4.69) is 5.32 Å². The number of aryl methyl sites for hydroxylation is 1. The van der Waals surface area contributed by atoms with E-state index in [0.717, 1.165) is 16.9 Å². The molecule has 1 N–H and O–H groups in total. The third kappa shape index (κ3) is 5.50. The molecule has 6 heteroatoms. The van der Waals surface area contributed by atoms with Crippen LogP contribution in [0.5, 0.6) is 5.75 Å². The molecule has 132 valence electrons. The fourth-order valence-corrected chi connectivity index (χ4v) is 2.47. The quantitative estimate of drug-likeness (QED) is 0.762. The van der Waals surface area contributed by atoms with Crippen molar-refractivity contribution in [3.63, 3.8) is 0 Å². The molecule has 0 aliphatic rings. The van der Waals surface area contributed by atoms with Crippen LogP contribution in [0, 0.1) is 6.92 Å². The van der Waals surface area contributed by atoms with Gasteiger partial charge in [-0.3, -0.25) is 9.59 Å². The van der Waals surface area contributed by atoms with Crippen LogP contribution in [0.2, 0.25) is 5.02 Å². The maximum atomic E-state index is 11.9. The normalized spacial score (nSPS) is 10.2. The van der Waals surface area contributed by atoms with E-state index in [1.807, 2.05) is 24.3 Å². The van der Waals surface area contributed by atoms with E-state index < -0.39 is 11.9 Å². The average Bonchev–Trinajstić information content (AvgIpc) is 2.62. The Morgan fingerprint density at radius 1 is 1.12 bits per heavy atom. The molecule has 2 aromatic carbocycles. The van der Waals surface area contributed by atoms with E-state index in [-0.39, 0.29) is 13.0 Å². The zero-order valence-electron chi connectivity index (χ0n) is 14.2. The van der Waals surface area contributed by atoms with Crippen molar-refractivity contribution in [3.8, 4) is 5.75 Å². The van der Waals surface area contributed by atoms with Crippen molar-refractivity contribution in [2.24, 2.45) is 0 Å². The number of anilines is 1. The maximum Gasteiger partial charge on any atom is 0.306 e. The highest BCUT2D eigenvalue weighted by Gasteiger charge is 2.11. The standard InChI is InChI=1S/C19H20ClNO4/c1-13-15(20)7-5-8-16(13)21-18(22)12-25-19(23)11-10-14-6-3-4-9-17(14)24-2/h3-9H,10-12H2,1-2H3,(H,21,22). The van der Waals surface area contributed by atoms with Crippen molar-refractivity contribution in [3.05, 3.63) is 58.6 Å². The molecule has 0 atom stereocenters. The number of ether oxygens (including phenoxy) is 2. The van der Waals surface area contributed by atoms with Crippen molar-refractivity contribution in [1.29, 1.82) is 0 Å². The second-order valence-electron chi connectivity index (χ2n) is 5.43. The van der Waals surface area contributed by atoms with Crippen LogP contribution in [-0.4, -0.2) is 25.6 Å². The third-order valence-corrected chi connectivity index (χ3v) is 4.11. The first-order valence-electron chi connectivity index (χ1n) is 7.83. The Hall–Kier alpha value is -2.53. The van der Waals surface area contributed by atoms with Crippen molar-refractivity contribution in [1.82, 2.24) is 0 Å². The first-order chi connectivity index (χ1) is 12.0. The minimum atomic E-state index is -0.441. The van der Waals surface area contributed by atoms with E-state index >= 15 is 0 Å². The van der Waals surface area contributed by atoms with Crippen LogP contribution in [0.15, 0.2) is 42.5 Å². The fourth-order valence-electron chi connectivity index (χ4n) is 2.29. The van der Waals surface area contributed by atoms with E-state index in [0.29, 0.717) is 17.1 Å². The van der Waals surface area contributed by atoms with Gasteiger partial charge in [-0.2, -0.15) is 0 Å². The molecule has 0 saturated heterocycles. The lowest BCUT2D eigenvalue weighted by atomic mass is 10.1. The van der Waals surface area contributed by atoms with Gasteiger partial charge in [-0.25, -0.2) is 0 Å². The van der Waals surface area contributed by atoms with Crippen LogP contribution in [-0.2, 0) is 20.7 Å². The first-order valence-corrected chi connectivity index (χ1v) is 8.21. The summed E-state index contributed by atoms with van der Waals surface area (Å²) in [4.78, 5) is 23.7. The number of carbonyl (C=O) groups excluding carboxylic acids is 2. The van der Waals surface area contributed by atoms with Crippen molar-refractivity contribution in [2.45, 2.75) is 19.8 Å². The summed E-state index contributed by atoms with van der Waals surface area (Å²) in [6.45, 7) is 1.47. The molecular formula is C19H20ClNO4. The molecule has 0 aliphatic carbocycles.